The first-order chi connectivity index (χ1) is 13.1. The molecule has 4 aliphatic carbocycles. The Bertz CT molecular complexity index is 810. The van der Waals surface area contributed by atoms with Crippen LogP contribution in [0.2, 0.25) is 0 Å². The molecule has 0 saturated heterocycles. The van der Waals surface area contributed by atoms with Gasteiger partial charge in [-0.2, -0.15) is 0 Å². The lowest BCUT2D eigenvalue weighted by Gasteiger charge is -2.58. The quantitative estimate of drug-likeness (QED) is 0.776. The van der Waals surface area contributed by atoms with E-state index in [1.165, 1.54) is 0 Å². The molecule has 0 aromatic carbocycles. The molecule has 1 unspecified atom stereocenters. The molecular weight excluding hydrogens is 356 g/mol. The van der Waals surface area contributed by atoms with E-state index in [1.54, 1.807) is 13.0 Å². The van der Waals surface area contributed by atoms with Crippen molar-refractivity contribution in [3.8, 4) is 0 Å². The molecule has 4 rings (SSSR count). The van der Waals surface area contributed by atoms with Gasteiger partial charge >= 0.3 is 5.97 Å². The molecule has 28 heavy (non-hydrogen) atoms. The standard InChI is InChI=1S/C23H30O5/c1-13(24)23(12-20(27)28)9-7-17-16-5-4-14-10-15(25)11-19(26)22(14,3)18(16)6-8-21(17,23)2/h4-5,10,16-19,26H,6-9,11-12H2,1-3H3,(H,27,28)/t16-,17-,18-,19?,21-,22-,23+/m0/s1. The largest absolute Gasteiger partial charge is 0.481 e. The maximum absolute atomic E-state index is 12.7. The number of fused-ring (bicyclic) bond motifs is 5. The average molecular weight is 386 g/mol. The van der Waals surface area contributed by atoms with E-state index < -0.39 is 22.9 Å². The molecule has 152 valence electrons. The number of aliphatic hydroxyl groups excluding tert-OH is 1. The number of rotatable bonds is 3. The lowest BCUT2D eigenvalue weighted by molar-refractivity contribution is -0.154. The molecular formula is C23H30O5. The Kier molecular flexibility index (Phi) is 4.28. The second kappa shape index (κ2) is 6.12. The van der Waals surface area contributed by atoms with Gasteiger partial charge in [-0.15, -0.1) is 0 Å². The summed E-state index contributed by atoms with van der Waals surface area (Å²) in [4.78, 5) is 36.3. The van der Waals surface area contributed by atoms with Gasteiger partial charge in [0.15, 0.2) is 5.78 Å². The number of Topliss-reactive ketones (excluding diaryl/α,β-unsaturated/α-hetero) is 1. The number of aliphatic carboxylic acids is 1. The summed E-state index contributed by atoms with van der Waals surface area (Å²) in [6, 6.07) is 0. The molecule has 0 aromatic heterocycles. The van der Waals surface area contributed by atoms with Gasteiger partial charge in [0, 0.05) is 17.3 Å². The number of allylic oxidation sites excluding steroid dienone is 3. The van der Waals surface area contributed by atoms with Crippen molar-refractivity contribution >= 4 is 17.5 Å². The normalized spacial score (nSPS) is 47.0. The van der Waals surface area contributed by atoms with E-state index in [0.717, 1.165) is 24.8 Å². The van der Waals surface area contributed by atoms with Crippen molar-refractivity contribution < 1.29 is 24.6 Å². The third-order valence-electron chi connectivity index (χ3n) is 9.12. The Hall–Kier alpha value is -1.75. The number of ketones is 2. The SMILES string of the molecule is CC(=O)[C@]1(CC(=O)O)CC[C@H]2[C@@H]3C=CC4=CC(=O)CC(O)[C@]4(C)[C@H]3CC[C@@]21C. The average Bonchev–Trinajstić information content (AvgIpc) is 2.89. The van der Waals surface area contributed by atoms with E-state index >= 15 is 0 Å². The second-order valence-corrected chi connectivity index (χ2v) is 9.92. The fourth-order valence-corrected chi connectivity index (χ4v) is 7.44. The number of aliphatic hydroxyl groups is 1. The van der Waals surface area contributed by atoms with Gasteiger partial charge in [0.2, 0.25) is 0 Å². The highest BCUT2D eigenvalue weighted by atomic mass is 16.4. The van der Waals surface area contributed by atoms with Crippen LogP contribution in [0.15, 0.2) is 23.8 Å². The lowest BCUT2D eigenvalue weighted by atomic mass is 9.45. The number of hydrogen-bond donors (Lipinski definition) is 2. The van der Waals surface area contributed by atoms with Crippen LogP contribution in [0.4, 0.5) is 0 Å². The molecule has 2 fully saturated rings. The van der Waals surface area contributed by atoms with Gasteiger partial charge < -0.3 is 10.2 Å². The van der Waals surface area contributed by atoms with Gasteiger partial charge in [-0.25, -0.2) is 0 Å². The van der Waals surface area contributed by atoms with Crippen LogP contribution in [0.25, 0.3) is 0 Å². The van der Waals surface area contributed by atoms with E-state index in [4.69, 9.17) is 0 Å². The second-order valence-electron chi connectivity index (χ2n) is 9.92. The minimum Gasteiger partial charge on any atom is -0.481 e. The van der Waals surface area contributed by atoms with Crippen molar-refractivity contribution in [2.24, 2.45) is 34.0 Å². The fraction of sp³-hybridized carbons (Fsp3) is 0.696. The zero-order chi connectivity index (χ0) is 20.5. The third kappa shape index (κ3) is 2.31. The highest BCUT2D eigenvalue weighted by molar-refractivity contribution is 5.93. The third-order valence-corrected chi connectivity index (χ3v) is 9.12. The maximum atomic E-state index is 12.7. The maximum Gasteiger partial charge on any atom is 0.304 e. The summed E-state index contributed by atoms with van der Waals surface area (Å²) in [6.45, 7) is 5.75. The van der Waals surface area contributed by atoms with Gasteiger partial charge in [0.1, 0.15) is 5.78 Å². The summed E-state index contributed by atoms with van der Waals surface area (Å²) in [5, 5.41) is 20.4. The molecule has 2 N–H and O–H groups in total. The van der Waals surface area contributed by atoms with Crippen LogP contribution in [-0.2, 0) is 14.4 Å². The topological polar surface area (TPSA) is 91.7 Å². The zero-order valence-electron chi connectivity index (χ0n) is 16.9. The molecule has 0 amide bonds. The van der Waals surface area contributed by atoms with E-state index in [-0.39, 0.29) is 47.6 Å². The highest BCUT2D eigenvalue weighted by Crippen LogP contribution is 2.69. The molecule has 7 atom stereocenters. The number of carboxylic acid groups (broad SMARTS) is 1. The number of hydrogen-bond acceptors (Lipinski definition) is 4. The van der Waals surface area contributed by atoms with Crippen LogP contribution in [0.1, 0.15) is 59.3 Å². The Morgan fingerprint density at radius 3 is 2.50 bits per heavy atom. The minimum atomic E-state index is -0.906. The first kappa shape index (κ1) is 19.6. The number of carbonyl (C=O) groups excluding carboxylic acids is 2. The van der Waals surface area contributed by atoms with Crippen molar-refractivity contribution in [1.82, 2.24) is 0 Å². The summed E-state index contributed by atoms with van der Waals surface area (Å²) in [6.07, 6.45) is 8.28. The van der Waals surface area contributed by atoms with Crippen molar-refractivity contribution in [3.63, 3.8) is 0 Å². The zero-order valence-corrected chi connectivity index (χ0v) is 16.9. The van der Waals surface area contributed by atoms with Crippen molar-refractivity contribution in [2.75, 3.05) is 0 Å². The van der Waals surface area contributed by atoms with Crippen LogP contribution in [0.3, 0.4) is 0 Å². The Morgan fingerprint density at radius 2 is 1.86 bits per heavy atom. The smallest absolute Gasteiger partial charge is 0.304 e. The van der Waals surface area contributed by atoms with Gasteiger partial charge in [-0.1, -0.05) is 26.0 Å². The first-order valence-electron chi connectivity index (χ1n) is 10.4. The Labute approximate surface area is 165 Å². The fourth-order valence-electron chi connectivity index (χ4n) is 7.44. The Balaban J connectivity index is 1.77. The monoisotopic (exact) mass is 386 g/mol. The molecule has 0 spiro atoms. The molecule has 0 aliphatic heterocycles. The van der Waals surface area contributed by atoms with Crippen molar-refractivity contribution in [2.45, 2.75) is 65.4 Å². The molecule has 0 aromatic rings. The predicted octanol–water partition coefficient (Wildman–Crippen LogP) is 3.32. The molecule has 0 radical (unpaired) electrons. The van der Waals surface area contributed by atoms with Gasteiger partial charge in [-0.3, -0.25) is 14.4 Å². The Morgan fingerprint density at radius 1 is 1.18 bits per heavy atom. The van der Waals surface area contributed by atoms with Crippen LogP contribution in [-0.4, -0.2) is 33.9 Å². The molecule has 0 heterocycles. The summed E-state index contributed by atoms with van der Waals surface area (Å²) < 4.78 is 0. The minimum absolute atomic E-state index is 0.00627. The van der Waals surface area contributed by atoms with Crippen molar-refractivity contribution in [3.05, 3.63) is 23.8 Å². The van der Waals surface area contributed by atoms with Crippen LogP contribution in [0.5, 0.6) is 0 Å². The summed E-state index contributed by atoms with van der Waals surface area (Å²) in [7, 11) is 0. The van der Waals surface area contributed by atoms with Crippen LogP contribution >= 0.6 is 0 Å². The molecule has 5 nitrogen and oxygen atoms in total. The first-order valence-corrected chi connectivity index (χ1v) is 10.4. The van der Waals surface area contributed by atoms with Gasteiger partial charge in [-0.05, 0) is 67.4 Å². The van der Waals surface area contributed by atoms with Crippen molar-refractivity contribution in [1.29, 1.82) is 0 Å². The summed E-state index contributed by atoms with van der Waals surface area (Å²) in [5.74, 6) is -0.322. The van der Waals surface area contributed by atoms with E-state index in [9.17, 15) is 24.6 Å². The van der Waals surface area contributed by atoms with Gasteiger partial charge in [0.05, 0.1) is 12.5 Å². The van der Waals surface area contributed by atoms with E-state index in [0.29, 0.717) is 6.42 Å². The molecule has 2 saturated carbocycles. The van der Waals surface area contributed by atoms with E-state index in [2.05, 4.69) is 19.9 Å². The predicted molar refractivity (Wildman–Crippen MR) is 103 cm³/mol. The summed E-state index contributed by atoms with van der Waals surface area (Å²) in [5.41, 5.74) is -0.693. The molecule has 5 heteroatoms. The molecule has 4 aliphatic rings. The highest BCUT2D eigenvalue weighted by Gasteiger charge is 2.66. The molecule has 0 bridgehead atoms. The van der Waals surface area contributed by atoms with Crippen LogP contribution in [0, 0.1) is 34.0 Å². The number of carbonyl (C=O) groups is 3. The van der Waals surface area contributed by atoms with E-state index in [1.807, 2.05) is 6.08 Å². The number of carboxylic acids is 1. The lowest BCUT2D eigenvalue weighted by Crippen LogP contribution is -2.56. The summed E-state index contributed by atoms with van der Waals surface area (Å²) >= 11 is 0. The van der Waals surface area contributed by atoms with Gasteiger partial charge in [0.25, 0.3) is 0 Å². The van der Waals surface area contributed by atoms with Crippen LogP contribution < -0.4 is 0 Å².